The molecule has 5 rings (SSSR count). The van der Waals surface area contributed by atoms with Crippen LogP contribution in [0.1, 0.15) is 35.1 Å². The number of carbonyl (C=O) groups is 3. The second-order valence-electron chi connectivity index (χ2n) is 12.7. The first-order valence-electron chi connectivity index (χ1n) is 14.9. The van der Waals surface area contributed by atoms with Crippen molar-refractivity contribution in [3.63, 3.8) is 0 Å². The van der Waals surface area contributed by atoms with Crippen molar-refractivity contribution in [1.29, 1.82) is 0 Å². The number of phenols is 1. The van der Waals surface area contributed by atoms with Gasteiger partial charge in [-0.2, -0.15) is 0 Å². The first-order chi connectivity index (χ1) is 21.9. The van der Waals surface area contributed by atoms with Gasteiger partial charge in [-0.3, -0.25) is 19.3 Å². The first-order valence-corrected chi connectivity index (χ1v) is 16.6. The van der Waals surface area contributed by atoms with Crippen molar-refractivity contribution in [2.24, 2.45) is 17.6 Å². The molecule has 2 aromatic carbocycles. The zero-order chi connectivity index (χ0) is 34.7. The molecule has 1 fully saturated rings. The number of primary amides is 1. The number of aliphatic hydroxyl groups is 3. The molecule has 2 aromatic rings. The number of anilines is 1. The van der Waals surface area contributed by atoms with Crippen molar-refractivity contribution in [2.75, 3.05) is 38.8 Å². The van der Waals surface area contributed by atoms with E-state index < -0.39 is 73.6 Å². The summed E-state index contributed by atoms with van der Waals surface area (Å²) in [6, 6.07) is 6.90. The molecular weight excluding hydrogens is 626 g/mol. The van der Waals surface area contributed by atoms with Crippen molar-refractivity contribution in [2.45, 2.75) is 42.7 Å². The van der Waals surface area contributed by atoms with E-state index in [4.69, 9.17) is 5.73 Å². The third-order valence-corrected chi connectivity index (χ3v) is 11.0. The normalized spacial score (nSPS) is 23.9. The third-order valence-electron chi connectivity index (χ3n) is 9.28. The maximum absolute atomic E-state index is 14.1. The fourth-order valence-electron chi connectivity index (χ4n) is 6.99. The van der Waals surface area contributed by atoms with Crippen LogP contribution in [0, 0.1) is 30.6 Å². The molecule has 1 saturated carbocycles. The highest BCUT2D eigenvalue weighted by molar-refractivity contribution is 7.91. The number of aliphatic hydroxyl groups excluding tert-OH is 2. The molecule has 6 N–H and O–H groups in total. The van der Waals surface area contributed by atoms with Crippen LogP contribution in [0.25, 0.3) is 5.76 Å². The van der Waals surface area contributed by atoms with Gasteiger partial charge in [-0.05, 0) is 63.5 Å². The Hall–Kier alpha value is -4.64. The van der Waals surface area contributed by atoms with Gasteiger partial charge in [0.2, 0.25) is 5.78 Å². The number of fused-ring (bicyclic) bond motifs is 3. The second-order valence-corrected chi connectivity index (χ2v) is 14.8. The lowest BCUT2D eigenvalue weighted by Crippen LogP contribution is -2.65. The molecule has 0 radical (unpaired) electrons. The molecule has 0 saturated heterocycles. The number of Topliss-reactive ketones (excluding diaryl/α,β-unsaturated/α-hetero) is 2. The second kappa shape index (κ2) is 11.9. The monoisotopic (exact) mass is 663 g/mol. The van der Waals surface area contributed by atoms with Gasteiger partial charge in [0.25, 0.3) is 5.91 Å². The lowest BCUT2D eigenvalue weighted by Gasteiger charge is -2.50. The van der Waals surface area contributed by atoms with Gasteiger partial charge in [0.1, 0.15) is 22.8 Å². The number of nitrogens with two attached hydrogens (primary N) is 1. The molecule has 1 amide bonds. The highest BCUT2D eigenvalue weighted by Gasteiger charge is 2.64. The number of carbonyl (C=O) groups excluding carboxylic acids is 3. The van der Waals surface area contributed by atoms with Crippen molar-refractivity contribution in [3.8, 4) is 17.6 Å². The van der Waals surface area contributed by atoms with E-state index in [1.165, 1.54) is 31.1 Å². The molecule has 13 heteroatoms. The van der Waals surface area contributed by atoms with Crippen molar-refractivity contribution < 1.29 is 43.2 Å². The fraction of sp³-hybridized carbons (Fsp3) is 0.382. The number of likely N-dealkylation sites (N-methyl/N-ethyl adjacent to an activating group) is 1. The number of ketones is 2. The number of aryl methyl sites for hydroxylation is 1. The molecule has 3 aliphatic carbocycles. The molecule has 0 bridgehead atoms. The maximum Gasteiger partial charge on any atom is 0.255 e. The Morgan fingerprint density at radius 1 is 1.09 bits per heavy atom. The minimum atomic E-state index is -3.61. The van der Waals surface area contributed by atoms with Crippen molar-refractivity contribution >= 4 is 38.8 Å². The number of hydrogen-bond acceptors (Lipinski definition) is 11. The molecule has 1 unspecified atom stereocenters. The highest BCUT2D eigenvalue weighted by Crippen LogP contribution is 2.54. The summed E-state index contributed by atoms with van der Waals surface area (Å²) in [4.78, 5) is 43.0. The number of nitrogens with zero attached hydrogens (tertiary/aromatic N) is 2. The van der Waals surface area contributed by atoms with Gasteiger partial charge in [0.15, 0.2) is 21.2 Å². The predicted octanol–water partition coefficient (Wildman–Crippen LogP) is 1.55. The lowest BCUT2D eigenvalue weighted by molar-refractivity contribution is -0.153. The van der Waals surface area contributed by atoms with Crippen LogP contribution in [0.4, 0.5) is 5.69 Å². The SMILES string of the molecule is Cc1ccc(S(=O)(=O)CCC#Cc2cc(N(C)C)c3c(c2O)C(O)=C2C(=O)[C@@]4(O)C(O)=C(C(N)=O)C(=O)C(N(C)C)[C@H]4C[C@H]2C3)cc1. The van der Waals surface area contributed by atoms with Gasteiger partial charge in [-0.1, -0.05) is 29.5 Å². The summed E-state index contributed by atoms with van der Waals surface area (Å²) >= 11 is 0. The fourth-order valence-corrected chi connectivity index (χ4v) is 8.15. The van der Waals surface area contributed by atoms with Crippen molar-refractivity contribution in [3.05, 3.63) is 69.5 Å². The standard InChI is InChI=1S/C34H37N3O9S/c1-17-9-11-20(12-10-17)47(45,46)13-7-6-8-18-16-23(36(2)3)21-14-19-15-22-27(37(4)5)30(40)26(33(35)43)32(42)34(22,44)31(41)24(19)29(39)25(21)28(18)38/h9-12,16,19,22,27,38-39,42,44H,7,13-15H2,1-5H3,(H2,35,43)/t19-,22-,27?,34-/m1/s1. The molecule has 0 heterocycles. The smallest absolute Gasteiger partial charge is 0.255 e. The quantitative estimate of drug-likeness (QED) is 0.222. The number of amides is 1. The van der Waals surface area contributed by atoms with Crippen molar-refractivity contribution in [1.82, 2.24) is 4.90 Å². The van der Waals surface area contributed by atoms with Gasteiger partial charge in [-0.25, -0.2) is 8.42 Å². The summed E-state index contributed by atoms with van der Waals surface area (Å²) in [5, 5.41) is 45.9. The number of phenolic OH excluding ortho intramolecular Hbond substituents is 1. The van der Waals surface area contributed by atoms with E-state index in [1.54, 1.807) is 37.2 Å². The summed E-state index contributed by atoms with van der Waals surface area (Å²) in [6.45, 7) is 1.85. The number of aromatic hydroxyl groups is 1. The van der Waals surface area contributed by atoms with Crippen LogP contribution < -0.4 is 10.6 Å². The zero-order valence-corrected chi connectivity index (χ0v) is 27.5. The van der Waals surface area contributed by atoms with Crippen LogP contribution in [0.15, 0.2) is 52.1 Å². The molecule has 248 valence electrons. The minimum Gasteiger partial charge on any atom is -0.508 e. The molecule has 0 aliphatic heterocycles. The zero-order valence-electron chi connectivity index (χ0n) is 26.7. The first kappa shape index (κ1) is 33.7. The minimum absolute atomic E-state index is 0.0313. The van der Waals surface area contributed by atoms with Crippen LogP contribution in [0.5, 0.6) is 5.75 Å². The Balaban J connectivity index is 1.59. The lowest BCUT2D eigenvalue weighted by atomic mass is 9.57. The number of hydrogen-bond donors (Lipinski definition) is 5. The van der Waals surface area contributed by atoms with E-state index >= 15 is 0 Å². The largest absolute Gasteiger partial charge is 0.508 e. The maximum atomic E-state index is 14.1. The number of rotatable bonds is 6. The number of sulfone groups is 1. The van der Waals surface area contributed by atoms with E-state index in [-0.39, 0.29) is 46.6 Å². The Kier molecular flexibility index (Phi) is 8.51. The van der Waals surface area contributed by atoms with Gasteiger partial charge in [0, 0.05) is 37.7 Å². The molecule has 4 atom stereocenters. The van der Waals surface area contributed by atoms with E-state index in [0.717, 1.165) is 5.56 Å². The van der Waals surface area contributed by atoms with Crippen LogP contribution in [0.3, 0.4) is 0 Å². The van der Waals surface area contributed by atoms with Crippen LogP contribution in [-0.4, -0.2) is 96.8 Å². The van der Waals surface area contributed by atoms with E-state index in [9.17, 15) is 43.2 Å². The molecule has 12 nitrogen and oxygen atoms in total. The average molecular weight is 664 g/mol. The third kappa shape index (κ3) is 5.36. The Bertz CT molecular complexity index is 1950. The molecular formula is C34H37N3O9S. The topological polar surface area (TPSA) is 199 Å². The Morgan fingerprint density at radius 2 is 1.72 bits per heavy atom. The summed E-state index contributed by atoms with van der Waals surface area (Å²) in [5.74, 6) is -2.07. The van der Waals surface area contributed by atoms with Gasteiger partial charge in [-0.15, -0.1) is 0 Å². The predicted molar refractivity (Wildman–Crippen MR) is 173 cm³/mol. The van der Waals surface area contributed by atoms with Crippen LogP contribution in [-0.2, 0) is 30.6 Å². The van der Waals surface area contributed by atoms with Gasteiger partial charge in [0.05, 0.1) is 27.8 Å². The van der Waals surface area contributed by atoms with Gasteiger partial charge < -0.3 is 31.1 Å². The summed E-state index contributed by atoms with van der Waals surface area (Å²) in [5.41, 5.74) is 3.44. The summed E-state index contributed by atoms with van der Waals surface area (Å²) < 4.78 is 25.5. The van der Waals surface area contributed by atoms with E-state index in [1.807, 2.05) is 6.92 Å². The molecule has 47 heavy (non-hydrogen) atoms. The number of benzene rings is 2. The molecule has 0 aromatic heterocycles. The van der Waals surface area contributed by atoms with Crippen LogP contribution in [0.2, 0.25) is 0 Å². The van der Waals surface area contributed by atoms with E-state index in [2.05, 4.69) is 11.8 Å². The Morgan fingerprint density at radius 3 is 2.30 bits per heavy atom. The van der Waals surface area contributed by atoms with E-state index in [0.29, 0.717) is 11.3 Å². The highest BCUT2D eigenvalue weighted by atomic mass is 32.2. The summed E-state index contributed by atoms with van der Waals surface area (Å²) in [6.07, 6.45) is 0.0418. The van der Waals surface area contributed by atoms with Gasteiger partial charge >= 0.3 is 0 Å². The Labute approximate surface area is 272 Å². The molecule has 3 aliphatic rings. The summed E-state index contributed by atoms with van der Waals surface area (Å²) in [7, 11) is 2.96. The molecule has 0 spiro atoms. The average Bonchev–Trinajstić information content (AvgIpc) is 2.97. The van der Waals surface area contributed by atoms with Crippen LogP contribution >= 0.6 is 0 Å².